The number of amides is 1. The Hall–Kier alpha value is -2.02. The van der Waals surface area contributed by atoms with E-state index < -0.39 is 11.6 Å². The van der Waals surface area contributed by atoms with E-state index in [1.54, 1.807) is 0 Å². The number of carbonyl (C=O) groups excluding carboxylic acids is 1. The predicted molar refractivity (Wildman–Crippen MR) is 110 cm³/mol. The number of nitrogens with zero attached hydrogens (tertiary/aromatic N) is 3. The van der Waals surface area contributed by atoms with Gasteiger partial charge in [-0.2, -0.15) is 0 Å². The molecule has 0 radical (unpaired) electrons. The van der Waals surface area contributed by atoms with Gasteiger partial charge in [-0.15, -0.1) is 0 Å². The molecule has 0 aliphatic carbocycles. The predicted octanol–water partition coefficient (Wildman–Crippen LogP) is 3.71. The van der Waals surface area contributed by atoms with Crippen LogP contribution < -0.4 is 4.90 Å². The van der Waals surface area contributed by atoms with Crippen LogP contribution in [0.15, 0.2) is 36.4 Å². The number of rotatable bonds is 4. The van der Waals surface area contributed by atoms with Crippen LogP contribution in [0.2, 0.25) is 5.02 Å². The Bertz CT molecular complexity index is 915. The van der Waals surface area contributed by atoms with Crippen molar-refractivity contribution in [3.8, 4) is 0 Å². The molecular weight excluding hydrogens is 396 g/mol. The van der Waals surface area contributed by atoms with Crippen LogP contribution in [0.1, 0.15) is 18.1 Å². The zero-order chi connectivity index (χ0) is 20.5. The van der Waals surface area contributed by atoms with Gasteiger partial charge in [-0.3, -0.25) is 14.6 Å². The van der Waals surface area contributed by atoms with E-state index in [4.69, 9.17) is 11.6 Å². The Balaban J connectivity index is 1.33. The van der Waals surface area contributed by atoms with E-state index in [2.05, 4.69) is 22.8 Å². The minimum Gasteiger partial charge on any atom is -0.308 e. The van der Waals surface area contributed by atoms with Gasteiger partial charge in [-0.05, 0) is 36.6 Å². The summed E-state index contributed by atoms with van der Waals surface area (Å²) in [4.78, 5) is 19.2. The van der Waals surface area contributed by atoms with Crippen LogP contribution in [0, 0.1) is 11.6 Å². The summed E-state index contributed by atoms with van der Waals surface area (Å²) in [6.45, 7) is 5.92. The molecule has 2 aromatic rings. The second-order valence-electron chi connectivity index (χ2n) is 7.83. The molecule has 0 saturated carbocycles. The first-order valence-corrected chi connectivity index (χ1v) is 10.3. The van der Waals surface area contributed by atoms with Gasteiger partial charge in [0.15, 0.2) is 11.6 Å². The summed E-state index contributed by atoms with van der Waals surface area (Å²) in [6, 6.07) is 10.9. The second-order valence-corrected chi connectivity index (χ2v) is 8.21. The van der Waals surface area contributed by atoms with Crippen molar-refractivity contribution in [3.63, 3.8) is 0 Å². The van der Waals surface area contributed by atoms with Crippen molar-refractivity contribution in [2.75, 3.05) is 37.6 Å². The summed E-state index contributed by atoms with van der Waals surface area (Å²) in [5.41, 5.74) is 2.83. The summed E-state index contributed by atoms with van der Waals surface area (Å²) >= 11 is 5.94. The van der Waals surface area contributed by atoms with E-state index in [9.17, 15) is 13.6 Å². The molecule has 2 aliphatic rings. The van der Waals surface area contributed by atoms with Crippen LogP contribution in [-0.4, -0.2) is 54.5 Å². The minimum absolute atomic E-state index is 0.125. The third-order valence-corrected chi connectivity index (χ3v) is 6.22. The van der Waals surface area contributed by atoms with Gasteiger partial charge in [0.25, 0.3) is 0 Å². The monoisotopic (exact) mass is 419 g/mol. The van der Waals surface area contributed by atoms with E-state index in [-0.39, 0.29) is 17.0 Å². The molecule has 0 aromatic heterocycles. The molecule has 0 spiro atoms. The number of hydrogen-bond acceptors (Lipinski definition) is 3. The molecule has 2 aliphatic heterocycles. The number of halogens is 3. The largest absolute Gasteiger partial charge is 0.308 e. The van der Waals surface area contributed by atoms with Gasteiger partial charge in [0, 0.05) is 44.5 Å². The molecule has 1 amide bonds. The summed E-state index contributed by atoms with van der Waals surface area (Å²) in [5, 5.41) is -0.149. The van der Waals surface area contributed by atoms with Crippen molar-refractivity contribution in [3.05, 3.63) is 64.2 Å². The molecule has 1 saturated heterocycles. The van der Waals surface area contributed by atoms with Gasteiger partial charge in [-0.25, -0.2) is 8.78 Å². The highest BCUT2D eigenvalue weighted by molar-refractivity contribution is 6.31. The van der Waals surface area contributed by atoms with Gasteiger partial charge in [0.05, 0.1) is 11.6 Å². The number of benzene rings is 2. The van der Waals surface area contributed by atoms with E-state index in [0.717, 1.165) is 44.4 Å². The van der Waals surface area contributed by atoms with Gasteiger partial charge < -0.3 is 4.90 Å². The molecule has 4 rings (SSSR count). The molecule has 29 heavy (non-hydrogen) atoms. The van der Waals surface area contributed by atoms with Crippen LogP contribution in [-0.2, 0) is 17.8 Å². The third-order valence-electron chi connectivity index (χ3n) is 5.81. The average Bonchev–Trinajstić information content (AvgIpc) is 3.05. The molecule has 0 bridgehead atoms. The highest BCUT2D eigenvalue weighted by atomic mass is 35.5. The lowest BCUT2D eigenvalue weighted by atomic mass is 10.1. The maximum absolute atomic E-state index is 13.7. The normalized spacial score (nSPS) is 20.1. The molecular formula is C22H24ClF2N3O. The van der Waals surface area contributed by atoms with E-state index in [0.29, 0.717) is 18.7 Å². The van der Waals surface area contributed by atoms with Gasteiger partial charge in [0.1, 0.15) is 0 Å². The first-order valence-electron chi connectivity index (χ1n) is 9.91. The molecule has 1 atom stereocenters. The van der Waals surface area contributed by atoms with Crippen molar-refractivity contribution < 1.29 is 13.6 Å². The van der Waals surface area contributed by atoms with Crippen molar-refractivity contribution in [2.45, 2.75) is 25.9 Å². The Morgan fingerprint density at radius 3 is 2.52 bits per heavy atom. The van der Waals surface area contributed by atoms with Gasteiger partial charge in [-0.1, -0.05) is 35.9 Å². The molecule has 2 heterocycles. The summed E-state index contributed by atoms with van der Waals surface area (Å²) in [7, 11) is 0. The lowest BCUT2D eigenvalue weighted by molar-refractivity contribution is -0.120. The number of para-hydroxylation sites is 1. The summed E-state index contributed by atoms with van der Waals surface area (Å²) in [5.74, 6) is -1.80. The summed E-state index contributed by atoms with van der Waals surface area (Å²) < 4.78 is 26.9. The van der Waals surface area contributed by atoms with Crippen LogP contribution >= 0.6 is 11.6 Å². The fourth-order valence-electron chi connectivity index (χ4n) is 4.25. The molecule has 154 valence electrons. The molecule has 0 unspecified atom stereocenters. The molecule has 0 N–H and O–H groups in total. The number of hydrogen-bond donors (Lipinski definition) is 0. The second kappa shape index (κ2) is 8.38. The van der Waals surface area contributed by atoms with E-state index in [1.165, 1.54) is 11.6 Å². The van der Waals surface area contributed by atoms with Crippen molar-refractivity contribution in [1.82, 2.24) is 9.80 Å². The van der Waals surface area contributed by atoms with Crippen LogP contribution in [0.25, 0.3) is 0 Å². The van der Waals surface area contributed by atoms with Crippen molar-refractivity contribution in [1.29, 1.82) is 0 Å². The van der Waals surface area contributed by atoms with Crippen LogP contribution in [0.3, 0.4) is 0 Å². The van der Waals surface area contributed by atoms with Gasteiger partial charge >= 0.3 is 0 Å². The Kier molecular flexibility index (Phi) is 5.86. The smallest absolute Gasteiger partial charge is 0.241 e. The molecule has 1 fully saturated rings. The maximum atomic E-state index is 13.7. The quantitative estimate of drug-likeness (QED) is 0.707. The molecule has 2 aromatic carbocycles. The topological polar surface area (TPSA) is 26.8 Å². The number of fused-ring (bicyclic) bond motifs is 1. The number of anilines is 1. The number of piperazine rings is 1. The van der Waals surface area contributed by atoms with Gasteiger partial charge in [0.2, 0.25) is 5.91 Å². The van der Waals surface area contributed by atoms with Crippen molar-refractivity contribution in [2.24, 2.45) is 0 Å². The fraction of sp³-hybridized carbons (Fsp3) is 0.409. The third kappa shape index (κ3) is 4.15. The van der Waals surface area contributed by atoms with E-state index >= 15 is 0 Å². The lowest BCUT2D eigenvalue weighted by Crippen LogP contribution is -2.50. The standard InChI is InChI=1S/C22H24ClF2N3O/c1-15-12-16-4-2-3-5-19(16)28(15)20(29)14-27-10-8-26(9-11-27)13-17-6-7-18(24)22(25)21(17)23/h2-7,15H,8-14H2,1H3/t15-/m1/s1. The fourth-order valence-corrected chi connectivity index (χ4v) is 4.46. The number of carbonyl (C=O) groups is 1. The lowest BCUT2D eigenvalue weighted by Gasteiger charge is -2.35. The first-order chi connectivity index (χ1) is 13.9. The maximum Gasteiger partial charge on any atom is 0.241 e. The van der Waals surface area contributed by atoms with Crippen molar-refractivity contribution >= 4 is 23.2 Å². The SMILES string of the molecule is C[C@@H]1Cc2ccccc2N1C(=O)CN1CCN(Cc2ccc(F)c(F)c2Cl)CC1. The first kappa shape index (κ1) is 20.3. The zero-order valence-corrected chi connectivity index (χ0v) is 17.1. The molecule has 4 nitrogen and oxygen atoms in total. The van der Waals surface area contributed by atoms with Crippen LogP contribution in [0.5, 0.6) is 0 Å². The Labute approximate surface area is 174 Å². The van der Waals surface area contributed by atoms with E-state index in [1.807, 2.05) is 23.1 Å². The Morgan fingerprint density at radius 1 is 1.07 bits per heavy atom. The Morgan fingerprint density at radius 2 is 1.76 bits per heavy atom. The highest BCUT2D eigenvalue weighted by Gasteiger charge is 2.31. The highest BCUT2D eigenvalue weighted by Crippen LogP contribution is 2.32. The zero-order valence-electron chi connectivity index (χ0n) is 16.4. The summed E-state index contributed by atoms with van der Waals surface area (Å²) in [6.07, 6.45) is 0.894. The average molecular weight is 420 g/mol. The van der Waals surface area contributed by atoms with Crippen LogP contribution in [0.4, 0.5) is 14.5 Å². The molecule has 7 heteroatoms. The minimum atomic E-state index is -0.992.